The van der Waals surface area contributed by atoms with E-state index in [2.05, 4.69) is 34.1 Å². The van der Waals surface area contributed by atoms with E-state index in [1.54, 1.807) is 7.11 Å². The topological polar surface area (TPSA) is 65.4 Å². The van der Waals surface area contributed by atoms with Crippen molar-refractivity contribution >= 4 is 23.4 Å². The van der Waals surface area contributed by atoms with Crippen LogP contribution >= 0.6 is 11.8 Å². The van der Waals surface area contributed by atoms with E-state index >= 15 is 0 Å². The lowest BCUT2D eigenvalue weighted by atomic mass is 10.0. The number of imidazole rings is 1. The Hall–Kier alpha value is -4.49. The zero-order valence-electron chi connectivity index (χ0n) is 21.8. The predicted octanol–water partition coefficient (Wildman–Crippen LogP) is 7.34. The number of amides is 1. The molecule has 39 heavy (non-hydrogen) atoms. The minimum atomic E-state index is -0.115. The first-order valence-corrected chi connectivity index (χ1v) is 13.7. The highest BCUT2D eigenvalue weighted by molar-refractivity contribution is 7.99. The SMILES string of the molecule is CCOc1ccc(NC(=O)CSc2nc(-c3ccccc3)c(-c3ccccc3)n2-c2ccc(OC)cc2)cc1. The zero-order valence-corrected chi connectivity index (χ0v) is 22.7. The molecule has 0 bridgehead atoms. The predicted molar refractivity (Wildman–Crippen MR) is 158 cm³/mol. The molecule has 1 amide bonds. The van der Waals surface area contributed by atoms with Crippen molar-refractivity contribution in [1.29, 1.82) is 0 Å². The number of aromatic nitrogens is 2. The van der Waals surface area contributed by atoms with Crippen molar-refractivity contribution in [2.75, 3.05) is 24.8 Å². The van der Waals surface area contributed by atoms with E-state index in [0.717, 1.165) is 50.5 Å². The number of carbonyl (C=O) groups is 1. The number of nitrogens with zero attached hydrogens (tertiary/aromatic N) is 2. The number of rotatable bonds is 10. The Morgan fingerprint density at radius 3 is 2.05 bits per heavy atom. The summed E-state index contributed by atoms with van der Waals surface area (Å²) in [7, 11) is 1.65. The number of benzene rings is 4. The minimum Gasteiger partial charge on any atom is -0.497 e. The van der Waals surface area contributed by atoms with Gasteiger partial charge in [0.25, 0.3) is 0 Å². The van der Waals surface area contributed by atoms with Crippen molar-refractivity contribution in [1.82, 2.24) is 9.55 Å². The standard InChI is InChI=1S/C32H29N3O3S/c1-3-38-28-18-14-25(15-19-28)33-29(36)22-39-32-34-30(23-10-6-4-7-11-23)31(24-12-8-5-9-13-24)35(32)26-16-20-27(37-2)21-17-26/h4-21H,3,22H2,1-2H3,(H,33,36). The van der Waals surface area contributed by atoms with Crippen LogP contribution in [0.2, 0.25) is 0 Å². The Bertz CT molecular complexity index is 1520. The van der Waals surface area contributed by atoms with Crippen LogP contribution in [0, 0.1) is 0 Å². The van der Waals surface area contributed by atoms with Gasteiger partial charge in [-0.05, 0) is 55.5 Å². The highest BCUT2D eigenvalue weighted by atomic mass is 32.2. The van der Waals surface area contributed by atoms with Crippen LogP contribution in [0.5, 0.6) is 11.5 Å². The van der Waals surface area contributed by atoms with Gasteiger partial charge in [0.05, 0.1) is 30.9 Å². The molecule has 0 atom stereocenters. The summed E-state index contributed by atoms with van der Waals surface area (Å²) in [5.41, 5.74) is 5.50. The third-order valence-corrected chi connectivity index (χ3v) is 6.99. The quantitative estimate of drug-likeness (QED) is 0.190. The maximum Gasteiger partial charge on any atom is 0.234 e. The van der Waals surface area contributed by atoms with Gasteiger partial charge in [0.15, 0.2) is 5.16 Å². The Kier molecular flexibility index (Phi) is 8.29. The van der Waals surface area contributed by atoms with Crippen LogP contribution in [0.4, 0.5) is 5.69 Å². The van der Waals surface area contributed by atoms with Gasteiger partial charge >= 0.3 is 0 Å². The second-order valence-corrected chi connectivity index (χ2v) is 9.59. The lowest BCUT2D eigenvalue weighted by molar-refractivity contribution is -0.113. The number of anilines is 1. The van der Waals surface area contributed by atoms with Crippen molar-refractivity contribution in [3.8, 4) is 39.7 Å². The van der Waals surface area contributed by atoms with Crippen molar-refractivity contribution in [2.45, 2.75) is 12.1 Å². The molecule has 196 valence electrons. The first kappa shape index (κ1) is 26.1. The molecule has 5 aromatic rings. The number of ether oxygens (including phenoxy) is 2. The van der Waals surface area contributed by atoms with Gasteiger partial charge in [-0.25, -0.2) is 4.98 Å². The van der Waals surface area contributed by atoms with Gasteiger partial charge in [0.1, 0.15) is 11.5 Å². The average molecular weight is 536 g/mol. The molecule has 0 aliphatic carbocycles. The van der Waals surface area contributed by atoms with Gasteiger partial charge in [0.2, 0.25) is 5.91 Å². The molecule has 0 aliphatic rings. The molecular formula is C32H29N3O3S. The molecule has 0 spiro atoms. The van der Waals surface area contributed by atoms with Crippen molar-refractivity contribution in [3.63, 3.8) is 0 Å². The van der Waals surface area contributed by atoms with Crippen molar-refractivity contribution in [2.24, 2.45) is 0 Å². The molecule has 0 saturated heterocycles. The maximum absolute atomic E-state index is 12.9. The van der Waals surface area contributed by atoms with Gasteiger partial charge < -0.3 is 14.8 Å². The highest BCUT2D eigenvalue weighted by Crippen LogP contribution is 2.38. The summed E-state index contributed by atoms with van der Waals surface area (Å²) in [5.74, 6) is 1.62. The smallest absolute Gasteiger partial charge is 0.234 e. The van der Waals surface area contributed by atoms with E-state index < -0.39 is 0 Å². The second kappa shape index (κ2) is 12.4. The maximum atomic E-state index is 12.9. The van der Waals surface area contributed by atoms with Crippen LogP contribution in [0.3, 0.4) is 0 Å². The van der Waals surface area contributed by atoms with E-state index in [1.165, 1.54) is 11.8 Å². The third-order valence-electron chi connectivity index (χ3n) is 6.05. The number of methoxy groups -OCH3 is 1. The molecular weight excluding hydrogens is 506 g/mol. The summed E-state index contributed by atoms with van der Waals surface area (Å²) in [6.45, 7) is 2.54. The van der Waals surface area contributed by atoms with Crippen LogP contribution in [0.15, 0.2) is 114 Å². The zero-order chi connectivity index (χ0) is 27.0. The van der Waals surface area contributed by atoms with Crippen LogP contribution in [0.1, 0.15) is 6.92 Å². The molecule has 1 aromatic heterocycles. The van der Waals surface area contributed by atoms with E-state index in [1.807, 2.05) is 91.9 Å². The largest absolute Gasteiger partial charge is 0.497 e. The average Bonchev–Trinajstić information content (AvgIpc) is 3.38. The van der Waals surface area contributed by atoms with E-state index in [9.17, 15) is 4.79 Å². The molecule has 4 aromatic carbocycles. The Balaban J connectivity index is 1.51. The monoisotopic (exact) mass is 535 g/mol. The molecule has 0 aliphatic heterocycles. The van der Waals surface area contributed by atoms with Crippen molar-refractivity contribution < 1.29 is 14.3 Å². The molecule has 0 radical (unpaired) electrons. The molecule has 7 heteroatoms. The van der Waals surface area contributed by atoms with Gasteiger partial charge in [-0.2, -0.15) is 0 Å². The molecule has 6 nitrogen and oxygen atoms in total. The lowest BCUT2D eigenvalue weighted by Gasteiger charge is -2.14. The third kappa shape index (κ3) is 6.16. The molecule has 5 rings (SSSR count). The summed E-state index contributed by atoms with van der Waals surface area (Å²) >= 11 is 1.40. The summed E-state index contributed by atoms with van der Waals surface area (Å²) in [4.78, 5) is 18.0. The van der Waals surface area contributed by atoms with Crippen LogP contribution in [-0.4, -0.2) is 34.9 Å². The van der Waals surface area contributed by atoms with Crippen molar-refractivity contribution in [3.05, 3.63) is 109 Å². The van der Waals surface area contributed by atoms with Crippen LogP contribution in [-0.2, 0) is 4.79 Å². The number of carbonyl (C=O) groups excluding carboxylic acids is 1. The summed E-state index contributed by atoms with van der Waals surface area (Å²) in [6, 6.07) is 35.6. The second-order valence-electron chi connectivity index (χ2n) is 8.65. The van der Waals surface area contributed by atoms with Gasteiger partial charge in [0, 0.05) is 22.5 Å². The molecule has 1 heterocycles. The Morgan fingerprint density at radius 2 is 1.44 bits per heavy atom. The first-order chi connectivity index (χ1) is 19.2. The fraction of sp³-hybridized carbons (Fsp3) is 0.125. The van der Waals surface area contributed by atoms with E-state index in [4.69, 9.17) is 14.5 Å². The van der Waals surface area contributed by atoms with Gasteiger partial charge in [-0.1, -0.05) is 72.4 Å². The summed E-state index contributed by atoms with van der Waals surface area (Å²) in [6.07, 6.45) is 0. The van der Waals surface area contributed by atoms with Crippen LogP contribution < -0.4 is 14.8 Å². The van der Waals surface area contributed by atoms with E-state index in [-0.39, 0.29) is 11.7 Å². The highest BCUT2D eigenvalue weighted by Gasteiger charge is 2.22. The number of hydrogen-bond acceptors (Lipinski definition) is 5. The summed E-state index contributed by atoms with van der Waals surface area (Å²) < 4.78 is 13.0. The number of nitrogens with one attached hydrogen (secondary N) is 1. The van der Waals surface area contributed by atoms with Crippen LogP contribution in [0.25, 0.3) is 28.2 Å². The van der Waals surface area contributed by atoms with E-state index in [0.29, 0.717) is 6.61 Å². The van der Waals surface area contributed by atoms with Gasteiger partial charge in [-0.15, -0.1) is 0 Å². The Labute approximate surface area is 232 Å². The molecule has 0 unspecified atom stereocenters. The Morgan fingerprint density at radius 1 is 0.821 bits per heavy atom. The normalized spacial score (nSPS) is 10.7. The fourth-order valence-electron chi connectivity index (χ4n) is 4.26. The molecule has 1 N–H and O–H groups in total. The molecule has 0 fully saturated rings. The van der Waals surface area contributed by atoms with Gasteiger partial charge in [-0.3, -0.25) is 9.36 Å². The number of hydrogen-bond donors (Lipinski definition) is 1. The lowest BCUT2D eigenvalue weighted by Crippen LogP contribution is -2.14. The number of thioether (sulfide) groups is 1. The first-order valence-electron chi connectivity index (χ1n) is 12.7. The molecule has 0 saturated carbocycles. The fourth-order valence-corrected chi connectivity index (χ4v) is 5.07. The minimum absolute atomic E-state index is 0.115. The summed E-state index contributed by atoms with van der Waals surface area (Å²) in [5, 5.41) is 3.69.